The van der Waals surface area contributed by atoms with Gasteiger partial charge < -0.3 is 9.64 Å². The summed E-state index contributed by atoms with van der Waals surface area (Å²) in [6.07, 6.45) is -0.277. The van der Waals surface area contributed by atoms with Crippen molar-refractivity contribution in [3.8, 4) is 6.07 Å². The molecule has 1 atom stereocenters. The zero-order chi connectivity index (χ0) is 17.1. The third kappa shape index (κ3) is 3.29. The van der Waals surface area contributed by atoms with E-state index in [9.17, 15) is 9.18 Å². The highest BCUT2D eigenvalue weighted by atomic mass is 19.1. The number of carbonyl (C=O) groups is 1. The summed E-state index contributed by atoms with van der Waals surface area (Å²) >= 11 is 0. The Morgan fingerprint density at radius 3 is 2.92 bits per heavy atom. The normalized spacial score (nSPS) is 17.4. The molecule has 0 radical (unpaired) electrons. The Morgan fingerprint density at radius 2 is 2.17 bits per heavy atom. The minimum atomic E-state index is -0.277. The standard InChI is InChI=1S/C19H17FN2O2/c1-13-9-15(5-6-17(13)20)18-12-22(7-8-24-18)19(23)16-4-2-3-14(10-16)11-21/h2-6,9-10,18H,7-8,12H2,1H3/t18-/m0/s1. The summed E-state index contributed by atoms with van der Waals surface area (Å²) in [4.78, 5) is 14.4. The van der Waals surface area contributed by atoms with Gasteiger partial charge in [0.25, 0.3) is 5.91 Å². The maximum Gasteiger partial charge on any atom is 0.254 e. The fraction of sp³-hybridized carbons (Fsp3) is 0.263. The third-order valence-electron chi connectivity index (χ3n) is 4.15. The molecule has 4 nitrogen and oxygen atoms in total. The molecule has 2 aromatic carbocycles. The molecule has 1 saturated heterocycles. The van der Waals surface area contributed by atoms with Gasteiger partial charge in [0.15, 0.2) is 0 Å². The summed E-state index contributed by atoms with van der Waals surface area (Å²) in [5.74, 6) is -0.380. The van der Waals surface area contributed by atoms with Crippen molar-refractivity contribution in [1.29, 1.82) is 5.26 Å². The van der Waals surface area contributed by atoms with Gasteiger partial charge in [-0.15, -0.1) is 0 Å². The van der Waals surface area contributed by atoms with Gasteiger partial charge in [-0.1, -0.05) is 18.2 Å². The molecule has 24 heavy (non-hydrogen) atoms. The highest BCUT2D eigenvalue weighted by molar-refractivity contribution is 5.94. The van der Waals surface area contributed by atoms with Crippen LogP contribution in [0.25, 0.3) is 0 Å². The van der Waals surface area contributed by atoms with Crippen LogP contribution >= 0.6 is 0 Å². The lowest BCUT2D eigenvalue weighted by Gasteiger charge is -2.33. The number of nitriles is 1. The lowest BCUT2D eigenvalue weighted by Crippen LogP contribution is -2.42. The number of amides is 1. The summed E-state index contributed by atoms with van der Waals surface area (Å²) in [5, 5.41) is 8.97. The summed E-state index contributed by atoms with van der Waals surface area (Å²) in [5.41, 5.74) is 2.36. The van der Waals surface area contributed by atoms with Crippen LogP contribution in [0.15, 0.2) is 42.5 Å². The molecule has 0 aromatic heterocycles. The average molecular weight is 324 g/mol. The van der Waals surface area contributed by atoms with E-state index >= 15 is 0 Å². The Labute approximate surface area is 140 Å². The fourth-order valence-corrected chi connectivity index (χ4v) is 2.81. The molecule has 1 fully saturated rings. The minimum Gasteiger partial charge on any atom is -0.370 e. The quantitative estimate of drug-likeness (QED) is 0.852. The number of nitrogens with zero attached hydrogens (tertiary/aromatic N) is 2. The van der Waals surface area contributed by atoms with Gasteiger partial charge in [-0.3, -0.25) is 4.79 Å². The van der Waals surface area contributed by atoms with Crippen LogP contribution in [0.3, 0.4) is 0 Å². The van der Waals surface area contributed by atoms with Crippen molar-refractivity contribution in [2.75, 3.05) is 19.7 Å². The molecule has 0 unspecified atom stereocenters. The number of halogens is 1. The molecule has 1 aliphatic rings. The average Bonchev–Trinajstić information content (AvgIpc) is 2.63. The Morgan fingerprint density at radius 1 is 1.33 bits per heavy atom. The van der Waals surface area contributed by atoms with Gasteiger partial charge in [-0.05, 0) is 42.3 Å². The summed E-state index contributed by atoms with van der Waals surface area (Å²) in [7, 11) is 0. The largest absolute Gasteiger partial charge is 0.370 e. The van der Waals surface area contributed by atoms with Crippen LogP contribution in [0, 0.1) is 24.1 Å². The first kappa shape index (κ1) is 16.2. The van der Waals surface area contributed by atoms with Crippen molar-refractivity contribution in [2.24, 2.45) is 0 Å². The fourth-order valence-electron chi connectivity index (χ4n) is 2.81. The maximum atomic E-state index is 13.4. The third-order valence-corrected chi connectivity index (χ3v) is 4.15. The van der Waals surface area contributed by atoms with E-state index in [2.05, 4.69) is 0 Å². The number of morpholine rings is 1. The van der Waals surface area contributed by atoms with Crippen LogP contribution in [0.2, 0.25) is 0 Å². The Balaban J connectivity index is 1.78. The van der Waals surface area contributed by atoms with E-state index in [1.54, 1.807) is 48.2 Å². The van der Waals surface area contributed by atoms with E-state index in [0.29, 0.717) is 36.4 Å². The minimum absolute atomic E-state index is 0.126. The lowest BCUT2D eigenvalue weighted by molar-refractivity contribution is -0.0228. The zero-order valence-electron chi connectivity index (χ0n) is 13.3. The Bertz CT molecular complexity index is 813. The molecule has 3 rings (SSSR count). The van der Waals surface area contributed by atoms with E-state index < -0.39 is 0 Å². The SMILES string of the molecule is Cc1cc([C@@H]2CN(C(=O)c3cccc(C#N)c3)CCO2)ccc1F. The summed E-state index contributed by atoms with van der Waals surface area (Å²) < 4.78 is 19.2. The number of aryl methyl sites for hydroxylation is 1. The van der Waals surface area contributed by atoms with E-state index in [-0.39, 0.29) is 17.8 Å². The van der Waals surface area contributed by atoms with E-state index in [1.807, 2.05) is 6.07 Å². The number of hydrogen-bond acceptors (Lipinski definition) is 3. The Hall–Kier alpha value is -2.71. The van der Waals surface area contributed by atoms with Crippen LogP contribution in [-0.2, 0) is 4.74 Å². The summed E-state index contributed by atoms with van der Waals surface area (Å²) in [6.45, 7) is 3.02. The highest BCUT2D eigenvalue weighted by Gasteiger charge is 2.26. The molecule has 0 spiro atoms. The van der Waals surface area contributed by atoms with Crippen LogP contribution in [-0.4, -0.2) is 30.5 Å². The van der Waals surface area contributed by atoms with E-state index in [4.69, 9.17) is 10.00 Å². The first-order valence-corrected chi connectivity index (χ1v) is 7.75. The number of hydrogen-bond donors (Lipinski definition) is 0. The van der Waals surface area contributed by atoms with E-state index in [0.717, 1.165) is 5.56 Å². The molecule has 0 bridgehead atoms. The van der Waals surface area contributed by atoms with Gasteiger partial charge in [0.1, 0.15) is 11.9 Å². The second-order valence-electron chi connectivity index (χ2n) is 5.81. The number of ether oxygens (including phenoxy) is 1. The van der Waals surface area contributed by atoms with Gasteiger partial charge in [0, 0.05) is 12.1 Å². The smallest absolute Gasteiger partial charge is 0.254 e. The van der Waals surface area contributed by atoms with Crippen LogP contribution < -0.4 is 0 Å². The molecule has 5 heteroatoms. The van der Waals surface area contributed by atoms with Gasteiger partial charge in [-0.25, -0.2) is 4.39 Å². The first-order valence-electron chi connectivity index (χ1n) is 7.75. The zero-order valence-corrected chi connectivity index (χ0v) is 13.3. The molecule has 1 heterocycles. The first-order chi connectivity index (χ1) is 11.6. The second kappa shape index (κ2) is 6.81. The van der Waals surface area contributed by atoms with Gasteiger partial charge >= 0.3 is 0 Å². The van der Waals surface area contributed by atoms with Crippen molar-refractivity contribution < 1.29 is 13.9 Å². The van der Waals surface area contributed by atoms with Gasteiger partial charge in [-0.2, -0.15) is 5.26 Å². The van der Waals surface area contributed by atoms with Gasteiger partial charge in [0.05, 0.1) is 24.8 Å². The monoisotopic (exact) mass is 324 g/mol. The number of rotatable bonds is 2. The van der Waals surface area contributed by atoms with E-state index in [1.165, 1.54) is 6.07 Å². The van der Waals surface area contributed by atoms with Crippen LogP contribution in [0.1, 0.15) is 33.2 Å². The van der Waals surface area contributed by atoms with Crippen molar-refractivity contribution in [2.45, 2.75) is 13.0 Å². The molecule has 2 aromatic rings. The van der Waals surface area contributed by atoms with Crippen molar-refractivity contribution in [1.82, 2.24) is 4.90 Å². The molecule has 1 aliphatic heterocycles. The molecule has 0 saturated carbocycles. The maximum absolute atomic E-state index is 13.4. The summed E-state index contributed by atoms with van der Waals surface area (Å²) in [6, 6.07) is 13.6. The van der Waals surface area contributed by atoms with Crippen molar-refractivity contribution in [3.63, 3.8) is 0 Å². The van der Waals surface area contributed by atoms with Crippen LogP contribution in [0.4, 0.5) is 4.39 Å². The molecular weight excluding hydrogens is 307 g/mol. The molecule has 0 N–H and O–H groups in total. The number of carbonyl (C=O) groups excluding carboxylic acids is 1. The second-order valence-corrected chi connectivity index (χ2v) is 5.81. The Kier molecular flexibility index (Phi) is 4.59. The number of benzene rings is 2. The van der Waals surface area contributed by atoms with Crippen LogP contribution in [0.5, 0.6) is 0 Å². The molecular formula is C19H17FN2O2. The molecule has 0 aliphatic carbocycles. The predicted octanol–water partition coefficient (Wildman–Crippen LogP) is 3.22. The van der Waals surface area contributed by atoms with Crippen molar-refractivity contribution >= 4 is 5.91 Å². The predicted molar refractivity (Wildman–Crippen MR) is 86.9 cm³/mol. The molecule has 122 valence electrons. The lowest BCUT2D eigenvalue weighted by atomic mass is 10.0. The highest BCUT2D eigenvalue weighted by Crippen LogP contribution is 2.25. The molecule has 1 amide bonds. The van der Waals surface area contributed by atoms with Gasteiger partial charge in [0.2, 0.25) is 0 Å². The van der Waals surface area contributed by atoms with Crippen molar-refractivity contribution in [3.05, 3.63) is 70.5 Å². The topological polar surface area (TPSA) is 53.3 Å².